The Bertz CT molecular complexity index is 498. The Hall–Kier alpha value is -1.41. The SMILES string of the molecule is Clc1cc([C@H]2C[C@@H]2c2ccccc2)cnn1. The van der Waals surface area contributed by atoms with E-state index in [1.807, 2.05) is 18.3 Å². The molecule has 16 heavy (non-hydrogen) atoms. The maximum Gasteiger partial charge on any atom is 0.151 e. The van der Waals surface area contributed by atoms with Crippen LogP contribution in [0.1, 0.15) is 29.4 Å². The van der Waals surface area contributed by atoms with E-state index in [0.717, 1.165) is 0 Å². The molecule has 0 aliphatic heterocycles. The Balaban J connectivity index is 1.82. The van der Waals surface area contributed by atoms with Crippen molar-refractivity contribution in [3.63, 3.8) is 0 Å². The number of nitrogens with zero attached hydrogens (tertiary/aromatic N) is 2. The van der Waals surface area contributed by atoms with E-state index in [-0.39, 0.29) is 0 Å². The summed E-state index contributed by atoms with van der Waals surface area (Å²) in [4.78, 5) is 0. The average Bonchev–Trinajstić information content (AvgIpc) is 3.10. The Kier molecular flexibility index (Phi) is 2.37. The van der Waals surface area contributed by atoms with Crippen molar-refractivity contribution in [3.05, 3.63) is 58.9 Å². The van der Waals surface area contributed by atoms with E-state index in [2.05, 4.69) is 34.5 Å². The van der Waals surface area contributed by atoms with E-state index in [0.29, 0.717) is 17.0 Å². The van der Waals surface area contributed by atoms with E-state index in [1.165, 1.54) is 17.5 Å². The summed E-state index contributed by atoms with van der Waals surface area (Å²) in [7, 11) is 0. The van der Waals surface area contributed by atoms with Crippen molar-refractivity contribution in [2.24, 2.45) is 0 Å². The maximum atomic E-state index is 5.84. The maximum absolute atomic E-state index is 5.84. The molecule has 1 aliphatic carbocycles. The topological polar surface area (TPSA) is 25.8 Å². The number of hydrogen-bond donors (Lipinski definition) is 0. The van der Waals surface area contributed by atoms with Gasteiger partial charge in [-0.2, -0.15) is 5.10 Å². The summed E-state index contributed by atoms with van der Waals surface area (Å²) in [5.41, 5.74) is 2.61. The first-order valence-electron chi connectivity index (χ1n) is 5.37. The van der Waals surface area contributed by atoms with Gasteiger partial charge in [0.05, 0.1) is 6.20 Å². The first-order chi connectivity index (χ1) is 7.84. The summed E-state index contributed by atoms with van der Waals surface area (Å²) in [6.45, 7) is 0. The third-order valence-electron chi connectivity index (χ3n) is 3.09. The van der Waals surface area contributed by atoms with Crippen LogP contribution in [0.15, 0.2) is 42.6 Å². The van der Waals surface area contributed by atoms with Crippen LogP contribution in [-0.4, -0.2) is 10.2 Å². The van der Waals surface area contributed by atoms with Crippen LogP contribution in [0.3, 0.4) is 0 Å². The van der Waals surface area contributed by atoms with Gasteiger partial charge in [0.2, 0.25) is 0 Å². The standard InChI is InChI=1S/C13H11ClN2/c14-13-6-10(8-15-16-13)12-7-11(12)9-4-2-1-3-5-9/h1-6,8,11-12H,7H2/t11-,12-/m1/s1. The zero-order chi connectivity index (χ0) is 11.0. The number of aromatic nitrogens is 2. The molecule has 0 bridgehead atoms. The lowest BCUT2D eigenvalue weighted by Crippen LogP contribution is -1.88. The lowest BCUT2D eigenvalue weighted by Gasteiger charge is -2.00. The van der Waals surface area contributed by atoms with Crippen molar-refractivity contribution in [2.45, 2.75) is 18.3 Å². The third-order valence-corrected chi connectivity index (χ3v) is 3.28. The van der Waals surface area contributed by atoms with Crippen LogP contribution in [0.5, 0.6) is 0 Å². The van der Waals surface area contributed by atoms with Crippen LogP contribution < -0.4 is 0 Å². The highest BCUT2D eigenvalue weighted by atomic mass is 35.5. The van der Waals surface area contributed by atoms with Gasteiger partial charge in [0.1, 0.15) is 0 Å². The van der Waals surface area contributed by atoms with Gasteiger partial charge < -0.3 is 0 Å². The number of halogens is 1. The zero-order valence-electron chi connectivity index (χ0n) is 8.68. The molecule has 80 valence electrons. The van der Waals surface area contributed by atoms with Gasteiger partial charge >= 0.3 is 0 Å². The molecule has 1 fully saturated rings. The largest absolute Gasteiger partial charge is 0.157 e. The second-order valence-electron chi connectivity index (χ2n) is 4.17. The fraction of sp³-hybridized carbons (Fsp3) is 0.231. The van der Waals surface area contributed by atoms with Gasteiger partial charge in [-0.05, 0) is 35.4 Å². The van der Waals surface area contributed by atoms with Crippen molar-refractivity contribution < 1.29 is 0 Å². The van der Waals surface area contributed by atoms with Crippen LogP contribution in [0.25, 0.3) is 0 Å². The van der Waals surface area contributed by atoms with E-state index in [1.54, 1.807) is 0 Å². The molecule has 0 amide bonds. The molecular formula is C13H11ClN2. The van der Waals surface area contributed by atoms with Crippen molar-refractivity contribution in [1.82, 2.24) is 10.2 Å². The molecule has 1 aromatic heterocycles. The fourth-order valence-electron chi connectivity index (χ4n) is 2.19. The molecule has 2 aromatic rings. The van der Waals surface area contributed by atoms with E-state index >= 15 is 0 Å². The molecular weight excluding hydrogens is 220 g/mol. The van der Waals surface area contributed by atoms with Gasteiger partial charge in [-0.1, -0.05) is 41.9 Å². The van der Waals surface area contributed by atoms with Crippen molar-refractivity contribution >= 4 is 11.6 Å². The lowest BCUT2D eigenvalue weighted by atomic mass is 10.1. The minimum Gasteiger partial charge on any atom is -0.157 e. The second kappa shape index (κ2) is 3.87. The van der Waals surface area contributed by atoms with Gasteiger partial charge in [-0.3, -0.25) is 0 Å². The predicted octanol–water partition coefficient (Wildman–Crippen LogP) is 3.40. The van der Waals surface area contributed by atoms with Crippen LogP contribution in [0, 0.1) is 0 Å². The van der Waals surface area contributed by atoms with E-state index in [4.69, 9.17) is 11.6 Å². The Morgan fingerprint density at radius 1 is 1.06 bits per heavy atom. The molecule has 1 saturated carbocycles. The average molecular weight is 231 g/mol. The van der Waals surface area contributed by atoms with Crippen LogP contribution in [0.4, 0.5) is 0 Å². The highest BCUT2D eigenvalue weighted by Gasteiger charge is 2.39. The molecule has 3 heteroatoms. The molecule has 0 saturated heterocycles. The molecule has 0 unspecified atom stereocenters. The Morgan fingerprint density at radius 2 is 1.81 bits per heavy atom. The monoisotopic (exact) mass is 230 g/mol. The fourth-order valence-corrected chi connectivity index (χ4v) is 2.36. The van der Waals surface area contributed by atoms with Gasteiger partial charge in [0.25, 0.3) is 0 Å². The first kappa shape index (κ1) is 9.79. The van der Waals surface area contributed by atoms with Crippen LogP contribution in [0.2, 0.25) is 5.15 Å². The summed E-state index contributed by atoms with van der Waals surface area (Å²) in [5, 5.41) is 8.14. The molecule has 0 spiro atoms. The molecule has 1 aromatic carbocycles. The highest BCUT2D eigenvalue weighted by Crippen LogP contribution is 2.54. The Morgan fingerprint density at radius 3 is 2.56 bits per heavy atom. The number of hydrogen-bond acceptors (Lipinski definition) is 2. The van der Waals surface area contributed by atoms with Gasteiger partial charge in [0, 0.05) is 0 Å². The summed E-state index contributed by atoms with van der Waals surface area (Å²) in [5.74, 6) is 1.19. The first-order valence-corrected chi connectivity index (χ1v) is 5.75. The minimum absolute atomic E-state index is 0.483. The van der Waals surface area contributed by atoms with Gasteiger partial charge in [-0.25, -0.2) is 0 Å². The summed E-state index contributed by atoms with van der Waals surface area (Å²) < 4.78 is 0. The highest BCUT2D eigenvalue weighted by molar-refractivity contribution is 6.29. The summed E-state index contributed by atoms with van der Waals surface area (Å²) in [6, 6.07) is 12.5. The zero-order valence-corrected chi connectivity index (χ0v) is 9.43. The normalized spacial score (nSPS) is 23.1. The molecule has 3 rings (SSSR count). The predicted molar refractivity (Wildman–Crippen MR) is 63.6 cm³/mol. The van der Waals surface area contributed by atoms with Crippen molar-refractivity contribution in [2.75, 3.05) is 0 Å². The lowest BCUT2D eigenvalue weighted by molar-refractivity contribution is 0.955. The quantitative estimate of drug-likeness (QED) is 0.790. The Labute approximate surface area is 99.3 Å². The van der Waals surface area contributed by atoms with Gasteiger partial charge in [-0.15, -0.1) is 5.10 Å². The smallest absolute Gasteiger partial charge is 0.151 e. The van der Waals surface area contributed by atoms with Crippen LogP contribution in [-0.2, 0) is 0 Å². The van der Waals surface area contributed by atoms with Crippen molar-refractivity contribution in [3.8, 4) is 0 Å². The molecule has 2 nitrogen and oxygen atoms in total. The molecule has 1 heterocycles. The van der Waals surface area contributed by atoms with Crippen LogP contribution >= 0.6 is 11.6 Å². The number of rotatable bonds is 2. The summed E-state index contributed by atoms with van der Waals surface area (Å²) in [6.07, 6.45) is 3.01. The van der Waals surface area contributed by atoms with Gasteiger partial charge in [0.15, 0.2) is 5.15 Å². The van der Waals surface area contributed by atoms with E-state index in [9.17, 15) is 0 Å². The number of benzene rings is 1. The molecule has 1 aliphatic rings. The second-order valence-corrected chi connectivity index (χ2v) is 4.56. The van der Waals surface area contributed by atoms with Crippen molar-refractivity contribution in [1.29, 1.82) is 0 Å². The molecule has 0 radical (unpaired) electrons. The molecule has 0 N–H and O–H groups in total. The van der Waals surface area contributed by atoms with E-state index < -0.39 is 0 Å². The molecule has 2 atom stereocenters. The summed E-state index contributed by atoms with van der Waals surface area (Å²) >= 11 is 5.84. The minimum atomic E-state index is 0.483. The third kappa shape index (κ3) is 1.81.